The summed E-state index contributed by atoms with van der Waals surface area (Å²) in [6.45, 7) is 5.29. The van der Waals surface area contributed by atoms with Gasteiger partial charge in [-0.05, 0) is 43.5 Å². The van der Waals surface area contributed by atoms with Crippen LogP contribution in [0.3, 0.4) is 0 Å². The van der Waals surface area contributed by atoms with Gasteiger partial charge in [-0.2, -0.15) is 0 Å². The Balaban J connectivity index is 1.60. The highest BCUT2D eigenvalue weighted by atomic mass is 16.5. The lowest BCUT2D eigenvalue weighted by Gasteiger charge is -2.22. The van der Waals surface area contributed by atoms with E-state index in [1.54, 1.807) is 0 Å². The SMILES string of the molecule is CCc1ccc(CNC(=O)CCOC2CCNCC2)cc1. The number of nitrogens with one attached hydrogen (secondary N) is 2. The Morgan fingerprint density at radius 3 is 2.57 bits per heavy atom. The minimum atomic E-state index is 0.0588. The van der Waals surface area contributed by atoms with Gasteiger partial charge < -0.3 is 15.4 Å². The number of ether oxygens (including phenoxy) is 1. The Morgan fingerprint density at radius 1 is 1.24 bits per heavy atom. The van der Waals surface area contributed by atoms with E-state index in [-0.39, 0.29) is 5.91 Å². The van der Waals surface area contributed by atoms with E-state index in [0.717, 1.165) is 37.9 Å². The molecule has 116 valence electrons. The first kappa shape index (κ1) is 16.0. The molecule has 21 heavy (non-hydrogen) atoms. The number of rotatable bonds is 7. The molecule has 1 aromatic rings. The molecule has 0 radical (unpaired) electrons. The summed E-state index contributed by atoms with van der Waals surface area (Å²) >= 11 is 0. The predicted molar refractivity (Wildman–Crippen MR) is 84.1 cm³/mol. The van der Waals surface area contributed by atoms with Crippen molar-refractivity contribution in [2.75, 3.05) is 19.7 Å². The number of hydrogen-bond donors (Lipinski definition) is 2. The predicted octanol–water partition coefficient (Wildman–Crippen LogP) is 2.02. The zero-order valence-electron chi connectivity index (χ0n) is 12.9. The van der Waals surface area contributed by atoms with E-state index in [0.29, 0.717) is 25.7 Å². The van der Waals surface area contributed by atoms with E-state index in [9.17, 15) is 4.79 Å². The topological polar surface area (TPSA) is 50.4 Å². The van der Waals surface area contributed by atoms with Crippen molar-refractivity contribution in [3.8, 4) is 0 Å². The van der Waals surface area contributed by atoms with E-state index in [1.165, 1.54) is 5.56 Å². The fraction of sp³-hybridized carbons (Fsp3) is 0.588. The fourth-order valence-corrected chi connectivity index (χ4v) is 2.46. The Labute approximate surface area is 127 Å². The van der Waals surface area contributed by atoms with Crippen molar-refractivity contribution in [1.29, 1.82) is 0 Å². The molecule has 0 spiro atoms. The van der Waals surface area contributed by atoms with E-state index in [2.05, 4.69) is 41.8 Å². The van der Waals surface area contributed by atoms with Crippen LogP contribution in [0, 0.1) is 0 Å². The lowest BCUT2D eigenvalue weighted by atomic mass is 10.1. The van der Waals surface area contributed by atoms with Crippen LogP contribution in [0.25, 0.3) is 0 Å². The van der Waals surface area contributed by atoms with Crippen LogP contribution in [0.5, 0.6) is 0 Å². The van der Waals surface area contributed by atoms with Crippen molar-refractivity contribution in [2.45, 2.75) is 45.3 Å². The summed E-state index contributed by atoms with van der Waals surface area (Å²) in [5.41, 5.74) is 2.46. The summed E-state index contributed by atoms with van der Waals surface area (Å²) in [5, 5.41) is 6.24. The van der Waals surface area contributed by atoms with Gasteiger partial charge in [0.25, 0.3) is 0 Å². The average molecular weight is 290 g/mol. The van der Waals surface area contributed by atoms with E-state index in [4.69, 9.17) is 4.74 Å². The number of carbonyl (C=O) groups excluding carboxylic acids is 1. The van der Waals surface area contributed by atoms with Gasteiger partial charge in [-0.25, -0.2) is 0 Å². The van der Waals surface area contributed by atoms with E-state index >= 15 is 0 Å². The number of hydrogen-bond acceptors (Lipinski definition) is 3. The number of amides is 1. The molecule has 1 heterocycles. The van der Waals surface area contributed by atoms with Crippen LogP contribution in [-0.4, -0.2) is 31.7 Å². The molecule has 0 unspecified atom stereocenters. The maximum absolute atomic E-state index is 11.8. The van der Waals surface area contributed by atoms with Crippen molar-refractivity contribution in [3.63, 3.8) is 0 Å². The summed E-state index contributed by atoms with van der Waals surface area (Å²) < 4.78 is 5.74. The molecular formula is C17H26N2O2. The summed E-state index contributed by atoms with van der Waals surface area (Å²) in [6.07, 6.45) is 3.90. The van der Waals surface area contributed by atoms with Crippen molar-refractivity contribution in [1.82, 2.24) is 10.6 Å². The quantitative estimate of drug-likeness (QED) is 0.808. The van der Waals surface area contributed by atoms with Gasteiger partial charge in [-0.15, -0.1) is 0 Å². The molecule has 2 N–H and O–H groups in total. The van der Waals surface area contributed by atoms with Crippen LogP contribution in [0.15, 0.2) is 24.3 Å². The second-order valence-corrected chi connectivity index (χ2v) is 5.52. The highest BCUT2D eigenvalue weighted by Gasteiger charge is 2.13. The molecule has 0 saturated carbocycles. The minimum Gasteiger partial charge on any atom is -0.378 e. The Morgan fingerprint density at radius 2 is 1.90 bits per heavy atom. The molecule has 1 aliphatic heterocycles. The molecule has 4 nitrogen and oxygen atoms in total. The Kier molecular flexibility index (Phi) is 6.70. The monoisotopic (exact) mass is 290 g/mol. The molecule has 0 bridgehead atoms. The first-order valence-corrected chi connectivity index (χ1v) is 7.94. The number of aryl methyl sites for hydroxylation is 1. The van der Waals surface area contributed by atoms with Gasteiger partial charge in [0.15, 0.2) is 0 Å². The zero-order chi connectivity index (χ0) is 14.9. The molecule has 1 fully saturated rings. The summed E-state index contributed by atoms with van der Waals surface area (Å²) in [5.74, 6) is 0.0588. The summed E-state index contributed by atoms with van der Waals surface area (Å²) in [4.78, 5) is 11.8. The molecule has 0 atom stereocenters. The molecule has 1 aliphatic rings. The first-order chi connectivity index (χ1) is 10.3. The molecular weight excluding hydrogens is 264 g/mol. The zero-order valence-corrected chi connectivity index (χ0v) is 12.9. The fourth-order valence-electron chi connectivity index (χ4n) is 2.46. The van der Waals surface area contributed by atoms with Gasteiger partial charge in [-0.1, -0.05) is 31.2 Å². The second-order valence-electron chi connectivity index (χ2n) is 5.52. The van der Waals surface area contributed by atoms with Crippen molar-refractivity contribution < 1.29 is 9.53 Å². The van der Waals surface area contributed by atoms with Gasteiger partial charge in [0, 0.05) is 13.0 Å². The third-order valence-corrected chi connectivity index (χ3v) is 3.89. The van der Waals surface area contributed by atoms with Crippen LogP contribution in [0.1, 0.15) is 37.3 Å². The molecule has 0 aliphatic carbocycles. The minimum absolute atomic E-state index is 0.0588. The summed E-state index contributed by atoms with van der Waals surface area (Å²) in [7, 11) is 0. The standard InChI is InChI=1S/C17H26N2O2/c1-2-14-3-5-15(6-4-14)13-19-17(20)9-12-21-16-7-10-18-11-8-16/h3-6,16,18H,2,7-13H2,1H3,(H,19,20). The normalized spacial score (nSPS) is 15.9. The van der Waals surface area contributed by atoms with Gasteiger partial charge in [0.05, 0.1) is 12.7 Å². The second kappa shape index (κ2) is 8.80. The van der Waals surface area contributed by atoms with E-state index < -0.39 is 0 Å². The highest BCUT2D eigenvalue weighted by Crippen LogP contribution is 2.07. The van der Waals surface area contributed by atoms with Gasteiger partial charge in [-0.3, -0.25) is 4.79 Å². The molecule has 1 saturated heterocycles. The molecule has 1 aromatic carbocycles. The lowest BCUT2D eigenvalue weighted by molar-refractivity contribution is -0.122. The van der Waals surface area contributed by atoms with Gasteiger partial charge in [0.2, 0.25) is 5.91 Å². The van der Waals surface area contributed by atoms with Crippen LogP contribution in [0.4, 0.5) is 0 Å². The first-order valence-electron chi connectivity index (χ1n) is 7.94. The van der Waals surface area contributed by atoms with Gasteiger partial charge >= 0.3 is 0 Å². The third kappa shape index (κ3) is 5.86. The largest absolute Gasteiger partial charge is 0.378 e. The van der Waals surface area contributed by atoms with Crippen molar-refractivity contribution in [3.05, 3.63) is 35.4 Å². The Hall–Kier alpha value is -1.39. The maximum Gasteiger partial charge on any atom is 0.222 e. The van der Waals surface area contributed by atoms with Crippen molar-refractivity contribution in [2.24, 2.45) is 0 Å². The molecule has 4 heteroatoms. The Bertz CT molecular complexity index is 425. The van der Waals surface area contributed by atoms with Gasteiger partial charge in [0.1, 0.15) is 0 Å². The number of carbonyl (C=O) groups is 1. The van der Waals surface area contributed by atoms with Crippen molar-refractivity contribution >= 4 is 5.91 Å². The maximum atomic E-state index is 11.8. The molecule has 2 rings (SSSR count). The smallest absolute Gasteiger partial charge is 0.222 e. The van der Waals surface area contributed by atoms with E-state index in [1.807, 2.05) is 0 Å². The van der Waals surface area contributed by atoms with Crippen LogP contribution in [-0.2, 0) is 22.5 Å². The number of piperidine rings is 1. The molecule has 1 amide bonds. The summed E-state index contributed by atoms with van der Waals surface area (Å²) in [6, 6.07) is 8.37. The third-order valence-electron chi connectivity index (χ3n) is 3.89. The molecule has 0 aromatic heterocycles. The van der Waals surface area contributed by atoms with Crippen LogP contribution >= 0.6 is 0 Å². The lowest BCUT2D eigenvalue weighted by Crippen LogP contribution is -2.33. The number of benzene rings is 1. The highest BCUT2D eigenvalue weighted by molar-refractivity contribution is 5.75. The van der Waals surface area contributed by atoms with Crippen LogP contribution in [0.2, 0.25) is 0 Å². The average Bonchev–Trinajstić information content (AvgIpc) is 2.54. The van der Waals surface area contributed by atoms with Crippen LogP contribution < -0.4 is 10.6 Å².